The van der Waals surface area contributed by atoms with E-state index in [1.54, 1.807) is 11.0 Å². The number of carbonyl (C=O) groups is 1. The predicted octanol–water partition coefficient (Wildman–Crippen LogP) is 5.76. The molecule has 2 unspecified atom stereocenters. The van der Waals surface area contributed by atoms with Crippen LogP contribution in [0.3, 0.4) is 0 Å². The molecule has 2 atom stereocenters. The van der Waals surface area contributed by atoms with Crippen molar-refractivity contribution in [2.75, 3.05) is 18.2 Å². The van der Waals surface area contributed by atoms with Crippen molar-refractivity contribution in [3.8, 4) is 0 Å². The molecule has 1 aliphatic heterocycles. The highest BCUT2D eigenvalue weighted by atomic mass is 35.5. The zero-order valence-corrected chi connectivity index (χ0v) is 18.5. The third kappa shape index (κ3) is 3.84. The van der Waals surface area contributed by atoms with Gasteiger partial charge in [-0.15, -0.1) is 0 Å². The summed E-state index contributed by atoms with van der Waals surface area (Å²) >= 11 is 12.0. The molecule has 1 saturated carbocycles. The van der Waals surface area contributed by atoms with Crippen LogP contribution in [0.2, 0.25) is 10.0 Å². The van der Waals surface area contributed by atoms with Crippen LogP contribution < -0.4 is 10.2 Å². The van der Waals surface area contributed by atoms with Gasteiger partial charge >= 0.3 is 6.18 Å². The fourth-order valence-electron chi connectivity index (χ4n) is 4.60. The number of amides is 1. The first-order valence-corrected chi connectivity index (χ1v) is 11.3. The van der Waals surface area contributed by atoms with Crippen LogP contribution in [0.5, 0.6) is 0 Å². The lowest BCUT2D eigenvalue weighted by atomic mass is 9.92. The minimum absolute atomic E-state index is 0.0372. The van der Waals surface area contributed by atoms with Gasteiger partial charge in [0, 0.05) is 21.7 Å². The van der Waals surface area contributed by atoms with Gasteiger partial charge < -0.3 is 15.0 Å². The molecule has 170 valence electrons. The molecule has 2 fully saturated rings. The Kier molecular flexibility index (Phi) is 5.34. The van der Waals surface area contributed by atoms with E-state index in [1.165, 1.54) is 18.2 Å². The molecule has 0 spiro atoms. The molecule has 1 heterocycles. The van der Waals surface area contributed by atoms with Crippen molar-refractivity contribution in [1.29, 1.82) is 0 Å². The molecular weight excluding hydrogens is 464 g/mol. The summed E-state index contributed by atoms with van der Waals surface area (Å²) in [5.74, 6) is 0.227. The van der Waals surface area contributed by atoms with Gasteiger partial charge in [-0.2, -0.15) is 13.2 Å². The minimum Gasteiger partial charge on any atom is -0.349 e. The second-order valence-corrected chi connectivity index (χ2v) is 9.58. The van der Waals surface area contributed by atoms with Gasteiger partial charge in [-0.05, 0) is 72.7 Å². The Labute approximate surface area is 193 Å². The molecule has 2 aliphatic carbocycles. The highest BCUT2D eigenvalue weighted by Gasteiger charge is 2.61. The van der Waals surface area contributed by atoms with E-state index < -0.39 is 18.3 Å². The summed E-state index contributed by atoms with van der Waals surface area (Å²) in [6.07, 6.45) is -1.22. The Morgan fingerprint density at radius 3 is 2.47 bits per heavy atom. The average molecular weight is 485 g/mol. The van der Waals surface area contributed by atoms with E-state index in [0.717, 1.165) is 36.8 Å². The van der Waals surface area contributed by atoms with Crippen LogP contribution >= 0.6 is 23.2 Å². The number of ether oxygens (including phenoxy) is 1. The summed E-state index contributed by atoms with van der Waals surface area (Å²) < 4.78 is 48.1. The molecule has 0 bridgehead atoms. The van der Waals surface area contributed by atoms with Crippen molar-refractivity contribution in [2.24, 2.45) is 5.92 Å². The lowest BCUT2D eigenvalue weighted by Gasteiger charge is -2.31. The monoisotopic (exact) mass is 484 g/mol. The zero-order valence-electron chi connectivity index (χ0n) is 17.0. The van der Waals surface area contributed by atoms with Gasteiger partial charge in [0.05, 0.1) is 12.6 Å². The van der Waals surface area contributed by atoms with E-state index in [1.807, 2.05) is 12.1 Å². The summed E-state index contributed by atoms with van der Waals surface area (Å²) in [5.41, 5.74) is 0.0816. The van der Waals surface area contributed by atoms with E-state index in [0.29, 0.717) is 5.69 Å². The highest BCUT2D eigenvalue weighted by molar-refractivity contribution is 6.34. The van der Waals surface area contributed by atoms with Crippen molar-refractivity contribution in [3.05, 3.63) is 63.1 Å². The Balaban J connectivity index is 1.40. The third-order valence-electron chi connectivity index (χ3n) is 6.50. The second kappa shape index (κ2) is 7.82. The van der Waals surface area contributed by atoms with Gasteiger partial charge in [-0.3, -0.25) is 4.79 Å². The smallest absolute Gasteiger partial charge is 0.349 e. The Hall–Kier alpha value is -1.96. The van der Waals surface area contributed by atoms with Crippen molar-refractivity contribution in [1.82, 2.24) is 5.32 Å². The minimum atomic E-state index is -4.66. The molecule has 0 aromatic heterocycles. The fourth-order valence-corrected chi connectivity index (χ4v) is 5.12. The average Bonchev–Trinajstić information content (AvgIpc) is 3.34. The maximum Gasteiger partial charge on any atom is 0.423 e. The van der Waals surface area contributed by atoms with Gasteiger partial charge in [0.15, 0.2) is 0 Å². The number of benzene rings is 2. The molecule has 4 nitrogen and oxygen atoms in total. The second-order valence-electron chi connectivity index (χ2n) is 8.71. The summed E-state index contributed by atoms with van der Waals surface area (Å²) in [6.45, 7) is -0.627. The van der Waals surface area contributed by atoms with Gasteiger partial charge in [-0.25, -0.2) is 0 Å². The van der Waals surface area contributed by atoms with E-state index in [-0.39, 0.29) is 40.2 Å². The molecule has 0 radical (unpaired) electrons. The topological polar surface area (TPSA) is 41.6 Å². The lowest BCUT2D eigenvalue weighted by molar-refractivity contribution is -0.264. The molecule has 9 heteroatoms. The van der Waals surface area contributed by atoms with Crippen LogP contribution in [0, 0.1) is 5.92 Å². The molecule has 32 heavy (non-hydrogen) atoms. The number of nitrogens with zero attached hydrogens (tertiary/aromatic N) is 1. The number of carbonyl (C=O) groups excluding carboxylic acids is 1. The van der Waals surface area contributed by atoms with Crippen molar-refractivity contribution >= 4 is 34.8 Å². The Morgan fingerprint density at radius 2 is 1.81 bits per heavy atom. The number of hydrogen-bond donors (Lipinski definition) is 1. The van der Waals surface area contributed by atoms with Crippen molar-refractivity contribution in [2.45, 2.75) is 43.5 Å². The largest absolute Gasteiger partial charge is 0.423 e. The maximum absolute atomic E-state index is 14.2. The Morgan fingerprint density at radius 1 is 1.09 bits per heavy atom. The van der Waals surface area contributed by atoms with Crippen LogP contribution in [-0.4, -0.2) is 25.4 Å². The molecule has 1 N–H and O–H groups in total. The molecule has 1 saturated heterocycles. The first-order chi connectivity index (χ1) is 15.2. The molecular formula is C23H21Cl2F3N2O2. The number of anilines is 1. The molecule has 1 amide bonds. The molecule has 3 aliphatic rings. The first-order valence-electron chi connectivity index (χ1n) is 10.5. The number of aryl methyl sites for hydroxylation is 1. The normalized spacial score (nSPS) is 25.2. The van der Waals surface area contributed by atoms with Gasteiger partial charge in [0.2, 0.25) is 11.5 Å². The van der Waals surface area contributed by atoms with Crippen molar-refractivity contribution < 1.29 is 22.7 Å². The van der Waals surface area contributed by atoms with Gasteiger partial charge in [0.25, 0.3) is 0 Å². The molecule has 5 rings (SSSR count). The molecule has 2 aromatic rings. The highest BCUT2D eigenvalue weighted by Crippen LogP contribution is 2.48. The predicted molar refractivity (Wildman–Crippen MR) is 116 cm³/mol. The quantitative estimate of drug-likeness (QED) is 0.599. The zero-order chi connectivity index (χ0) is 22.7. The van der Waals surface area contributed by atoms with E-state index in [4.69, 9.17) is 27.9 Å². The number of rotatable bonds is 4. The number of nitrogens with one attached hydrogen (secondary N) is 1. The summed E-state index contributed by atoms with van der Waals surface area (Å²) in [5, 5.41) is 3.34. The van der Waals surface area contributed by atoms with Crippen molar-refractivity contribution in [3.63, 3.8) is 0 Å². The fraction of sp³-hybridized carbons (Fsp3) is 0.435. The van der Waals surface area contributed by atoms with Gasteiger partial charge in [0.1, 0.15) is 6.73 Å². The standard InChI is InChI=1S/C23H21Cl2F3N2O2/c24-16-8-15(9-17(25)10-16)22(23(26,27)28)11-30(12-32-22)18-4-5-19-14(7-18)3-6-20(19)29-21(31)13-1-2-13/h4-5,7-10,13,20H,1-3,6,11-12H2,(H,29,31). The summed E-state index contributed by atoms with van der Waals surface area (Å²) in [7, 11) is 0. The van der Waals surface area contributed by atoms with Crippen LogP contribution in [0.1, 0.15) is 42.0 Å². The molecule has 2 aromatic carbocycles. The summed E-state index contributed by atoms with van der Waals surface area (Å²) in [6, 6.07) is 9.45. The number of fused-ring (bicyclic) bond motifs is 1. The SMILES string of the molecule is O=C(NC1CCc2cc(N3COC(c4cc(Cl)cc(Cl)c4)(C(F)(F)F)C3)ccc21)C1CC1. The van der Waals surface area contributed by atoms with Gasteiger partial charge in [-0.1, -0.05) is 29.3 Å². The Bertz CT molecular complexity index is 1050. The van der Waals surface area contributed by atoms with Crippen LogP contribution in [0.15, 0.2) is 36.4 Å². The van der Waals surface area contributed by atoms with Crippen LogP contribution in [0.4, 0.5) is 18.9 Å². The third-order valence-corrected chi connectivity index (χ3v) is 6.94. The van der Waals surface area contributed by atoms with E-state index in [2.05, 4.69) is 5.32 Å². The number of hydrogen-bond acceptors (Lipinski definition) is 3. The number of alkyl halides is 3. The maximum atomic E-state index is 14.2. The summed E-state index contributed by atoms with van der Waals surface area (Å²) in [4.78, 5) is 13.7. The van der Waals surface area contributed by atoms with Crippen LogP contribution in [0.25, 0.3) is 0 Å². The van der Waals surface area contributed by atoms with E-state index >= 15 is 0 Å². The van der Waals surface area contributed by atoms with Crippen LogP contribution in [-0.2, 0) is 21.6 Å². The number of halogens is 5. The lowest BCUT2D eigenvalue weighted by Crippen LogP contribution is -2.46. The first kappa shape index (κ1) is 21.9. The van der Waals surface area contributed by atoms with E-state index in [9.17, 15) is 18.0 Å².